The van der Waals surface area contributed by atoms with Crippen LogP contribution in [0.4, 0.5) is 17.8 Å². The van der Waals surface area contributed by atoms with Gasteiger partial charge >= 0.3 is 0 Å². The highest BCUT2D eigenvalue weighted by Crippen LogP contribution is 2.18. The standard InChI is InChI=1S/C21H27N7O2/c1-17(15-18-5-3-2-4-6-18)16-22-26-19-23-20(27-7-11-29-12-8-27)25-21(24-19)28-9-13-30-14-10-28/h2-6,15-16H,7-14H2,1H3,(H,23,24,25,26)/b17-15+,22-16?. The van der Waals surface area contributed by atoms with Crippen LogP contribution in [-0.4, -0.2) is 73.8 Å². The van der Waals surface area contributed by atoms with Crippen molar-refractivity contribution in [3.05, 3.63) is 41.5 Å². The molecule has 1 N–H and O–H groups in total. The second kappa shape index (κ2) is 10.1. The topological polar surface area (TPSA) is 88.0 Å². The van der Waals surface area contributed by atoms with Crippen LogP contribution >= 0.6 is 0 Å². The number of hydrazone groups is 1. The zero-order chi connectivity index (χ0) is 20.6. The van der Waals surface area contributed by atoms with Crippen molar-refractivity contribution >= 4 is 30.1 Å². The molecule has 158 valence electrons. The lowest BCUT2D eigenvalue weighted by molar-refractivity contribution is 0.121. The van der Waals surface area contributed by atoms with Crippen LogP contribution in [0.1, 0.15) is 12.5 Å². The fraction of sp³-hybridized carbons (Fsp3) is 0.429. The van der Waals surface area contributed by atoms with Crippen LogP contribution in [0.15, 0.2) is 41.0 Å². The van der Waals surface area contributed by atoms with Gasteiger partial charge in [0.2, 0.25) is 17.8 Å². The van der Waals surface area contributed by atoms with Crippen LogP contribution in [0.25, 0.3) is 6.08 Å². The molecule has 9 heteroatoms. The molecule has 2 aliphatic heterocycles. The van der Waals surface area contributed by atoms with Crippen molar-refractivity contribution in [2.75, 3.05) is 67.8 Å². The quantitative estimate of drug-likeness (QED) is 0.573. The number of hydrogen-bond donors (Lipinski definition) is 1. The third kappa shape index (κ3) is 5.52. The molecule has 1 aromatic carbocycles. The summed E-state index contributed by atoms with van der Waals surface area (Å²) in [6.07, 6.45) is 3.83. The molecule has 30 heavy (non-hydrogen) atoms. The molecule has 9 nitrogen and oxygen atoms in total. The first-order valence-electron chi connectivity index (χ1n) is 10.2. The van der Waals surface area contributed by atoms with Crippen molar-refractivity contribution in [3.63, 3.8) is 0 Å². The van der Waals surface area contributed by atoms with E-state index in [2.05, 4.69) is 48.5 Å². The zero-order valence-corrected chi connectivity index (χ0v) is 17.2. The van der Waals surface area contributed by atoms with Gasteiger partial charge in [-0.3, -0.25) is 0 Å². The molecule has 2 aliphatic rings. The van der Waals surface area contributed by atoms with E-state index < -0.39 is 0 Å². The number of nitrogens with zero attached hydrogens (tertiary/aromatic N) is 6. The molecule has 4 rings (SSSR count). The van der Waals surface area contributed by atoms with Crippen molar-refractivity contribution < 1.29 is 9.47 Å². The molecule has 2 aromatic rings. The molecule has 0 radical (unpaired) electrons. The third-order valence-electron chi connectivity index (χ3n) is 4.83. The lowest BCUT2D eigenvalue weighted by Gasteiger charge is -2.30. The van der Waals surface area contributed by atoms with Gasteiger partial charge in [0.05, 0.1) is 32.6 Å². The van der Waals surface area contributed by atoms with Gasteiger partial charge in [0, 0.05) is 26.2 Å². The van der Waals surface area contributed by atoms with Crippen LogP contribution in [0.2, 0.25) is 0 Å². The first-order valence-corrected chi connectivity index (χ1v) is 10.2. The van der Waals surface area contributed by atoms with Crippen molar-refractivity contribution in [1.29, 1.82) is 0 Å². The minimum absolute atomic E-state index is 0.428. The maximum Gasteiger partial charge on any atom is 0.250 e. The lowest BCUT2D eigenvalue weighted by atomic mass is 10.1. The number of aromatic nitrogens is 3. The molecule has 0 unspecified atom stereocenters. The first-order chi connectivity index (χ1) is 14.8. The minimum Gasteiger partial charge on any atom is -0.378 e. The first kappa shape index (κ1) is 20.2. The SMILES string of the molecule is C/C(C=NNc1nc(N2CCOCC2)nc(N2CCOCC2)n1)=C\c1ccccc1. The molecule has 3 heterocycles. The Labute approximate surface area is 176 Å². The summed E-state index contributed by atoms with van der Waals surface area (Å²) < 4.78 is 10.9. The molecule has 0 bridgehead atoms. The second-order valence-corrected chi connectivity index (χ2v) is 7.13. The highest BCUT2D eigenvalue weighted by molar-refractivity contribution is 5.85. The maximum atomic E-state index is 5.45. The van der Waals surface area contributed by atoms with E-state index in [1.807, 2.05) is 25.1 Å². The van der Waals surface area contributed by atoms with Crippen LogP contribution in [0, 0.1) is 0 Å². The van der Waals surface area contributed by atoms with Crippen LogP contribution in [-0.2, 0) is 9.47 Å². The van der Waals surface area contributed by atoms with Gasteiger partial charge in [0.1, 0.15) is 0 Å². The van der Waals surface area contributed by atoms with E-state index in [-0.39, 0.29) is 0 Å². The number of morpholine rings is 2. The number of hydrogen-bond acceptors (Lipinski definition) is 9. The molecular weight excluding hydrogens is 382 g/mol. The summed E-state index contributed by atoms with van der Waals surface area (Å²) in [7, 11) is 0. The molecular formula is C21H27N7O2. The predicted octanol–water partition coefficient (Wildman–Crippen LogP) is 2.05. The number of ether oxygens (including phenoxy) is 2. The summed E-state index contributed by atoms with van der Waals surface area (Å²) in [5.41, 5.74) is 5.12. The van der Waals surface area contributed by atoms with E-state index in [9.17, 15) is 0 Å². The van der Waals surface area contributed by atoms with Crippen molar-refractivity contribution in [3.8, 4) is 0 Å². The molecule has 0 amide bonds. The summed E-state index contributed by atoms with van der Waals surface area (Å²) in [6.45, 7) is 7.71. The van der Waals surface area contributed by atoms with Crippen LogP contribution in [0.3, 0.4) is 0 Å². The number of rotatable bonds is 6. The van der Waals surface area contributed by atoms with Crippen molar-refractivity contribution in [2.24, 2.45) is 5.10 Å². The fourth-order valence-corrected chi connectivity index (χ4v) is 3.25. The van der Waals surface area contributed by atoms with E-state index in [1.165, 1.54) is 0 Å². The Hall–Kier alpha value is -3.04. The van der Waals surface area contributed by atoms with Gasteiger partial charge in [0.15, 0.2) is 0 Å². The van der Waals surface area contributed by atoms with Crippen molar-refractivity contribution in [1.82, 2.24) is 15.0 Å². The Balaban J connectivity index is 1.51. The van der Waals surface area contributed by atoms with E-state index in [0.717, 1.165) is 37.3 Å². The van der Waals surface area contributed by atoms with Crippen LogP contribution < -0.4 is 15.2 Å². The Morgan fingerprint density at radius 3 is 2.03 bits per heavy atom. The fourth-order valence-electron chi connectivity index (χ4n) is 3.25. The third-order valence-corrected chi connectivity index (χ3v) is 4.83. The predicted molar refractivity (Wildman–Crippen MR) is 118 cm³/mol. The summed E-state index contributed by atoms with van der Waals surface area (Å²) in [5.74, 6) is 1.71. The molecule has 0 spiro atoms. The normalized spacial score (nSPS) is 18.1. The van der Waals surface area contributed by atoms with Gasteiger partial charge in [0.25, 0.3) is 0 Å². The van der Waals surface area contributed by atoms with Gasteiger partial charge in [-0.15, -0.1) is 0 Å². The van der Waals surface area contributed by atoms with Crippen molar-refractivity contribution in [2.45, 2.75) is 6.92 Å². The Kier molecular flexibility index (Phi) is 6.83. The van der Waals surface area contributed by atoms with Gasteiger partial charge in [-0.2, -0.15) is 20.1 Å². The van der Waals surface area contributed by atoms with E-state index >= 15 is 0 Å². The van der Waals surface area contributed by atoms with Gasteiger partial charge in [-0.05, 0) is 18.1 Å². The summed E-state index contributed by atoms with van der Waals surface area (Å²) in [6, 6.07) is 10.1. The minimum atomic E-state index is 0.428. The summed E-state index contributed by atoms with van der Waals surface area (Å²) in [5, 5.41) is 4.33. The summed E-state index contributed by atoms with van der Waals surface area (Å²) in [4.78, 5) is 18.1. The zero-order valence-electron chi connectivity index (χ0n) is 17.2. The molecule has 2 fully saturated rings. The molecule has 1 aromatic heterocycles. The lowest BCUT2D eigenvalue weighted by Crippen LogP contribution is -2.40. The molecule has 2 saturated heterocycles. The van der Waals surface area contributed by atoms with E-state index in [4.69, 9.17) is 14.5 Å². The maximum absolute atomic E-state index is 5.45. The number of allylic oxidation sites excluding steroid dienone is 1. The molecule has 0 atom stereocenters. The highest BCUT2D eigenvalue weighted by Gasteiger charge is 2.20. The number of anilines is 3. The van der Waals surface area contributed by atoms with E-state index in [0.29, 0.717) is 44.3 Å². The van der Waals surface area contributed by atoms with Gasteiger partial charge in [-0.25, -0.2) is 5.43 Å². The van der Waals surface area contributed by atoms with Gasteiger partial charge in [-0.1, -0.05) is 36.4 Å². The largest absolute Gasteiger partial charge is 0.378 e. The number of nitrogens with one attached hydrogen (secondary N) is 1. The average Bonchev–Trinajstić information content (AvgIpc) is 2.81. The highest BCUT2D eigenvalue weighted by atomic mass is 16.5. The number of benzene rings is 1. The summed E-state index contributed by atoms with van der Waals surface area (Å²) >= 11 is 0. The molecule has 0 aliphatic carbocycles. The average molecular weight is 409 g/mol. The monoisotopic (exact) mass is 409 g/mol. The van der Waals surface area contributed by atoms with E-state index in [1.54, 1.807) is 6.21 Å². The van der Waals surface area contributed by atoms with Gasteiger partial charge < -0.3 is 19.3 Å². The second-order valence-electron chi connectivity index (χ2n) is 7.13. The Morgan fingerprint density at radius 1 is 0.900 bits per heavy atom. The Bertz CT molecular complexity index is 840. The van der Waals surface area contributed by atoms with Crippen LogP contribution in [0.5, 0.6) is 0 Å². The Morgan fingerprint density at radius 2 is 1.47 bits per heavy atom. The molecule has 0 saturated carbocycles. The smallest absolute Gasteiger partial charge is 0.250 e.